The Morgan fingerprint density at radius 3 is 2.20 bits per heavy atom. The molecule has 7 nitrogen and oxygen atoms in total. The van der Waals surface area contributed by atoms with E-state index in [1.807, 2.05) is 13.8 Å². The monoisotopic (exact) mass is 308 g/mol. The first-order chi connectivity index (χ1) is 9.04. The van der Waals surface area contributed by atoms with Gasteiger partial charge in [0.25, 0.3) is 0 Å². The van der Waals surface area contributed by atoms with Crippen molar-refractivity contribution in [1.29, 1.82) is 0 Å². The Kier molecular flexibility index (Phi) is 13.3. The average Bonchev–Trinajstić information content (AvgIpc) is 2.41. The minimum absolute atomic E-state index is 0. The molecule has 0 fully saturated rings. The summed E-state index contributed by atoms with van der Waals surface area (Å²) in [5, 5.41) is 5.11. The molecule has 0 saturated carbocycles. The lowest BCUT2D eigenvalue weighted by molar-refractivity contribution is -0.136. The van der Waals surface area contributed by atoms with Crippen LogP contribution in [0.1, 0.15) is 26.7 Å². The van der Waals surface area contributed by atoms with E-state index in [9.17, 15) is 14.4 Å². The van der Waals surface area contributed by atoms with E-state index in [1.165, 1.54) is 4.90 Å². The van der Waals surface area contributed by atoms with Crippen molar-refractivity contribution in [3.8, 4) is 0 Å². The number of halogens is 1. The summed E-state index contributed by atoms with van der Waals surface area (Å²) in [5.41, 5.74) is 5.13. The van der Waals surface area contributed by atoms with Crippen molar-refractivity contribution >= 4 is 30.1 Å². The molecule has 0 aliphatic rings. The fraction of sp³-hybridized carbons (Fsp3) is 0.750. The summed E-state index contributed by atoms with van der Waals surface area (Å²) < 4.78 is 0. The zero-order valence-corrected chi connectivity index (χ0v) is 12.9. The van der Waals surface area contributed by atoms with Gasteiger partial charge in [-0.2, -0.15) is 0 Å². The van der Waals surface area contributed by atoms with Crippen LogP contribution in [0.25, 0.3) is 0 Å². The standard InChI is InChI=1S/C12H24N4O3.ClH/c1-3-5-14-11(18)9-16(6-4-2)12(19)8-15-10(17)7-13;/h3-9,13H2,1-2H3,(H,14,18)(H,15,17);1H. The summed E-state index contributed by atoms with van der Waals surface area (Å²) in [6.07, 6.45) is 1.59. The smallest absolute Gasteiger partial charge is 0.242 e. The number of nitrogens with two attached hydrogens (primary N) is 1. The van der Waals surface area contributed by atoms with Gasteiger partial charge >= 0.3 is 0 Å². The van der Waals surface area contributed by atoms with E-state index in [2.05, 4.69) is 10.6 Å². The molecule has 0 rings (SSSR count). The SMILES string of the molecule is CCCNC(=O)CN(CCC)C(=O)CNC(=O)CN.Cl. The molecular weight excluding hydrogens is 284 g/mol. The lowest BCUT2D eigenvalue weighted by atomic mass is 10.3. The second-order valence-electron chi connectivity index (χ2n) is 4.15. The van der Waals surface area contributed by atoms with Crippen LogP contribution >= 0.6 is 12.4 Å². The normalized spacial score (nSPS) is 9.35. The molecule has 118 valence electrons. The first kappa shape index (κ1) is 21.0. The summed E-state index contributed by atoms with van der Waals surface area (Å²) in [6.45, 7) is 4.69. The van der Waals surface area contributed by atoms with Crippen molar-refractivity contribution in [3.63, 3.8) is 0 Å². The van der Waals surface area contributed by atoms with Crippen LogP contribution in [0.3, 0.4) is 0 Å². The van der Waals surface area contributed by atoms with E-state index in [-0.39, 0.29) is 49.8 Å². The molecular formula is C12H25ClN4O3. The molecule has 0 saturated heterocycles. The van der Waals surface area contributed by atoms with Crippen LogP contribution in [-0.2, 0) is 14.4 Å². The number of carbonyl (C=O) groups excluding carboxylic acids is 3. The van der Waals surface area contributed by atoms with Crippen LogP contribution < -0.4 is 16.4 Å². The van der Waals surface area contributed by atoms with Crippen molar-refractivity contribution in [3.05, 3.63) is 0 Å². The average molecular weight is 309 g/mol. The summed E-state index contributed by atoms with van der Waals surface area (Å²) in [4.78, 5) is 35.8. The molecule has 0 spiro atoms. The third-order valence-electron chi connectivity index (χ3n) is 2.38. The van der Waals surface area contributed by atoms with Crippen molar-refractivity contribution in [2.45, 2.75) is 26.7 Å². The summed E-state index contributed by atoms with van der Waals surface area (Å²) in [6, 6.07) is 0. The van der Waals surface area contributed by atoms with Crippen LogP contribution in [0.15, 0.2) is 0 Å². The summed E-state index contributed by atoms with van der Waals surface area (Å²) in [7, 11) is 0. The minimum Gasteiger partial charge on any atom is -0.355 e. The van der Waals surface area contributed by atoms with Gasteiger partial charge in [-0.25, -0.2) is 0 Å². The number of hydrogen-bond donors (Lipinski definition) is 3. The zero-order valence-electron chi connectivity index (χ0n) is 12.1. The molecule has 0 heterocycles. The van der Waals surface area contributed by atoms with E-state index in [0.29, 0.717) is 13.1 Å². The molecule has 0 aromatic carbocycles. The fourth-order valence-electron chi connectivity index (χ4n) is 1.41. The van der Waals surface area contributed by atoms with E-state index in [0.717, 1.165) is 12.8 Å². The Bertz CT molecular complexity index is 313. The first-order valence-corrected chi connectivity index (χ1v) is 6.56. The van der Waals surface area contributed by atoms with E-state index >= 15 is 0 Å². The second-order valence-corrected chi connectivity index (χ2v) is 4.15. The maximum Gasteiger partial charge on any atom is 0.242 e. The highest BCUT2D eigenvalue weighted by atomic mass is 35.5. The van der Waals surface area contributed by atoms with Crippen LogP contribution in [0.2, 0.25) is 0 Å². The maximum atomic E-state index is 11.9. The molecule has 8 heteroatoms. The molecule has 0 unspecified atom stereocenters. The van der Waals surface area contributed by atoms with E-state index in [4.69, 9.17) is 5.73 Å². The molecule has 0 atom stereocenters. The van der Waals surface area contributed by atoms with Gasteiger partial charge in [-0.3, -0.25) is 14.4 Å². The molecule has 0 radical (unpaired) electrons. The van der Waals surface area contributed by atoms with Crippen LogP contribution in [0.4, 0.5) is 0 Å². The fourth-order valence-corrected chi connectivity index (χ4v) is 1.41. The highest BCUT2D eigenvalue weighted by Crippen LogP contribution is 1.93. The molecule has 3 amide bonds. The second kappa shape index (κ2) is 12.7. The van der Waals surface area contributed by atoms with Gasteiger partial charge in [-0.1, -0.05) is 13.8 Å². The molecule has 0 aromatic heterocycles. The summed E-state index contributed by atoms with van der Waals surface area (Å²) in [5.74, 6) is -0.857. The third kappa shape index (κ3) is 9.57. The van der Waals surface area contributed by atoms with Gasteiger partial charge in [0.2, 0.25) is 17.7 Å². The third-order valence-corrected chi connectivity index (χ3v) is 2.38. The quantitative estimate of drug-likeness (QED) is 0.521. The molecule has 0 aromatic rings. The Hall–Kier alpha value is -1.34. The number of nitrogens with zero attached hydrogens (tertiary/aromatic N) is 1. The van der Waals surface area contributed by atoms with Gasteiger partial charge in [0.05, 0.1) is 19.6 Å². The maximum absolute atomic E-state index is 11.9. The molecule has 0 aliphatic carbocycles. The van der Waals surface area contributed by atoms with Gasteiger partial charge in [-0.15, -0.1) is 12.4 Å². The topological polar surface area (TPSA) is 105 Å². The first-order valence-electron chi connectivity index (χ1n) is 6.56. The molecule has 20 heavy (non-hydrogen) atoms. The minimum atomic E-state index is -0.389. The Balaban J connectivity index is 0. The lowest BCUT2D eigenvalue weighted by Gasteiger charge is -2.21. The van der Waals surface area contributed by atoms with E-state index < -0.39 is 0 Å². The van der Waals surface area contributed by atoms with E-state index in [1.54, 1.807) is 0 Å². The largest absolute Gasteiger partial charge is 0.355 e. The Morgan fingerprint density at radius 2 is 1.70 bits per heavy atom. The van der Waals surface area contributed by atoms with Crippen molar-refractivity contribution < 1.29 is 14.4 Å². The van der Waals surface area contributed by atoms with Gasteiger partial charge in [0.1, 0.15) is 0 Å². The number of hydrogen-bond acceptors (Lipinski definition) is 4. The number of amides is 3. The Morgan fingerprint density at radius 1 is 1.05 bits per heavy atom. The van der Waals surface area contributed by atoms with Crippen molar-refractivity contribution in [2.75, 3.05) is 32.7 Å². The summed E-state index contributed by atoms with van der Waals surface area (Å²) >= 11 is 0. The predicted octanol–water partition coefficient (Wildman–Crippen LogP) is -0.752. The van der Waals surface area contributed by atoms with Gasteiger partial charge in [0.15, 0.2) is 0 Å². The van der Waals surface area contributed by atoms with Crippen LogP contribution in [0, 0.1) is 0 Å². The van der Waals surface area contributed by atoms with Gasteiger partial charge in [-0.05, 0) is 12.8 Å². The number of nitrogens with one attached hydrogen (secondary N) is 2. The van der Waals surface area contributed by atoms with Gasteiger partial charge < -0.3 is 21.3 Å². The highest BCUT2D eigenvalue weighted by molar-refractivity contribution is 5.88. The number of rotatable bonds is 9. The molecule has 4 N–H and O–H groups in total. The zero-order chi connectivity index (χ0) is 14.7. The Labute approximate surface area is 126 Å². The number of carbonyl (C=O) groups is 3. The van der Waals surface area contributed by atoms with Crippen molar-refractivity contribution in [2.24, 2.45) is 5.73 Å². The van der Waals surface area contributed by atoms with Crippen LogP contribution in [-0.4, -0.2) is 55.3 Å². The van der Waals surface area contributed by atoms with Crippen molar-refractivity contribution in [1.82, 2.24) is 15.5 Å². The van der Waals surface area contributed by atoms with Gasteiger partial charge in [0, 0.05) is 13.1 Å². The van der Waals surface area contributed by atoms with Crippen LogP contribution in [0.5, 0.6) is 0 Å². The predicted molar refractivity (Wildman–Crippen MR) is 79.5 cm³/mol. The molecule has 0 aliphatic heterocycles. The highest BCUT2D eigenvalue weighted by Gasteiger charge is 2.16. The lowest BCUT2D eigenvalue weighted by Crippen LogP contribution is -2.46. The molecule has 0 bridgehead atoms.